The predicted octanol–water partition coefficient (Wildman–Crippen LogP) is 5.56. The molecule has 0 aliphatic carbocycles. The summed E-state index contributed by atoms with van der Waals surface area (Å²) in [7, 11) is 0. The van der Waals surface area contributed by atoms with Crippen molar-refractivity contribution in [3.63, 3.8) is 0 Å². The Morgan fingerprint density at radius 1 is 1.03 bits per heavy atom. The van der Waals surface area contributed by atoms with E-state index in [1.807, 2.05) is 19.1 Å². The van der Waals surface area contributed by atoms with Gasteiger partial charge in [-0.25, -0.2) is 4.98 Å². The van der Waals surface area contributed by atoms with Gasteiger partial charge in [-0.1, -0.05) is 17.7 Å². The molecule has 0 fully saturated rings. The van der Waals surface area contributed by atoms with Crippen molar-refractivity contribution in [2.24, 2.45) is 0 Å². The molecule has 4 aromatic rings. The zero-order chi connectivity index (χ0) is 20.9. The van der Waals surface area contributed by atoms with E-state index in [1.54, 1.807) is 54.6 Å². The zero-order valence-corrected chi connectivity index (χ0v) is 17.0. The number of hydrogen-bond acceptors (Lipinski definition) is 5. The first kappa shape index (κ1) is 19.8. The van der Waals surface area contributed by atoms with Gasteiger partial charge >= 0.3 is 0 Å². The molecule has 0 saturated heterocycles. The molecule has 0 radical (unpaired) electrons. The zero-order valence-electron chi connectivity index (χ0n) is 16.2. The number of oxazole rings is 1. The molecule has 0 atom stereocenters. The molecule has 30 heavy (non-hydrogen) atoms. The van der Waals surface area contributed by atoms with Crippen LogP contribution in [0.1, 0.15) is 6.92 Å². The lowest BCUT2D eigenvalue weighted by Crippen LogP contribution is -2.20. The first-order valence-corrected chi connectivity index (χ1v) is 9.80. The number of ether oxygens (including phenoxy) is 2. The topological polar surface area (TPSA) is 73.6 Å². The number of nitrogens with one attached hydrogen (secondary N) is 1. The fourth-order valence-corrected chi connectivity index (χ4v) is 3.08. The van der Waals surface area contributed by atoms with Crippen LogP contribution in [0.5, 0.6) is 11.5 Å². The van der Waals surface area contributed by atoms with Gasteiger partial charge in [0.1, 0.15) is 17.0 Å². The third-order valence-corrected chi connectivity index (χ3v) is 4.48. The van der Waals surface area contributed by atoms with Gasteiger partial charge in [0, 0.05) is 22.3 Å². The molecule has 0 aliphatic rings. The van der Waals surface area contributed by atoms with E-state index in [0.29, 0.717) is 40.1 Å². The number of nitrogens with zero attached hydrogens (tertiary/aromatic N) is 1. The Morgan fingerprint density at radius 3 is 2.53 bits per heavy atom. The molecular formula is C23H19ClN2O4. The second kappa shape index (κ2) is 8.88. The van der Waals surface area contributed by atoms with Gasteiger partial charge in [-0.3, -0.25) is 4.79 Å². The van der Waals surface area contributed by atoms with Crippen LogP contribution >= 0.6 is 11.6 Å². The lowest BCUT2D eigenvalue weighted by molar-refractivity contribution is -0.118. The molecule has 1 amide bonds. The number of amides is 1. The van der Waals surface area contributed by atoms with Crippen molar-refractivity contribution >= 4 is 34.3 Å². The number of fused-ring (bicyclic) bond motifs is 1. The Labute approximate surface area is 178 Å². The van der Waals surface area contributed by atoms with E-state index in [-0.39, 0.29) is 12.5 Å². The van der Waals surface area contributed by atoms with E-state index in [9.17, 15) is 4.79 Å². The minimum atomic E-state index is -0.280. The average Bonchev–Trinajstić information content (AvgIpc) is 3.17. The first-order chi connectivity index (χ1) is 14.6. The van der Waals surface area contributed by atoms with Gasteiger partial charge in [-0.15, -0.1) is 0 Å². The standard InChI is InChI=1S/C23H19ClN2O4/c1-2-28-18-7-9-19(10-8-18)29-14-22(27)25-17-6-11-20-21(13-17)30-23(26-20)15-4-3-5-16(24)12-15/h3-13H,2,14H2,1H3,(H,25,27). The van der Waals surface area contributed by atoms with E-state index in [0.717, 1.165) is 11.3 Å². The molecule has 1 N–H and O–H groups in total. The summed E-state index contributed by atoms with van der Waals surface area (Å²) in [5, 5.41) is 3.40. The normalized spacial score (nSPS) is 10.7. The Kier molecular flexibility index (Phi) is 5.86. The summed E-state index contributed by atoms with van der Waals surface area (Å²) in [5.41, 5.74) is 2.63. The van der Waals surface area contributed by atoms with Crippen LogP contribution in [0, 0.1) is 0 Å². The Balaban J connectivity index is 1.40. The summed E-state index contributed by atoms with van der Waals surface area (Å²) >= 11 is 6.04. The van der Waals surface area contributed by atoms with Crippen LogP contribution in [0.4, 0.5) is 5.69 Å². The number of benzene rings is 3. The molecular weight excluding hydrogens is 404 g/mol. The molecule has 0 unspecified atom stereocenters. The summed E-state index contributed by atoms with van der Waals surface area (Å²) in [4.78, 5) is 16.7. The van der Waals surface area contributed by atoms with E-state index in [2.05, 4.69) is 10.3 Å². The second-order valence-corrected chi connectivity index (χ2v) is 6.89. The Bertz CT molecular complexity index is 1170. The van der Waals surface area contributed by atoms with E-state index in [1.165, 1.54) is 0 Å². The lowest BCUT2D eigenvalue weighted by Gasteiger charge is -2.08. The Morgan fingerprint density at radius 2 is 1.80 bits per heavy atom. The van der Waals surface area contributed by atoms with Crippen molar-refractivity contribution < 1.29 is 18.7 Å². The molecule has 152 valence electrons. The van der Waals surface area contributed by atoms with Crippen LogP contribution in [0.15, 0.2) is 71.1 Å². The molecule has 3 aromatic carbocycles. The number of halogens is 1. The third kappa shape index (κ3) is 4.72. The van der Waals surface area contributed by atoms with Crippen molar-refractivity contribution in [1.29, 1.82) is 0 Å². The maximum absolute atomic E-state index is 12.2. The van der Waals surface area contributed by atoms with Crippen LogP contribution in [-0.4, -0.2) is 24.1 Å². The average molecular weight is 423 g/mol. The smallest absolute Gasteiger partial charge is 0.262 e. The van der Waals surface area contributed by atoms with E-state index >= 15 is 0 Å². The molecule has 0 bridgehead atoms. The molecule has 6 nitrogen and oxygen atoms in total. The fraction of sp³-hybridized carbons (Fsp3) is 0.130. The van der Waals surface area contributed by atoms with Crippen molar-refractivity contribution in [3.8, 4) is 23.0 Å². The summed E-state index contributed by atoms with van der Waals surface area (Å²) in [6.07, 6.45) is 0. The largest absolute Gasteiger partial charge is 0.494 e. The minimum Gasteiger partial charge on any atom is -0.494 e. The van der Waals surface area contributed by atoms with Crippen LogP contribution < -0.4 is 14.8 Å². The highest BCUT2D eigenvalue weighted by Gasteiger charge is 2.11. The highest BCUT2D eigenvalue weighted by molar-refractivity contribution is 6.30. The molecule has 7 heteroatoms. The summed E-state index contributed by atoms with van der Waals surface area (Å²) < 4.78 is 16.7. The van der Waals surface area contributed by atoms with E-state index < -0.39 is 0 Å². The van der Waals surface area contributed by atoms with Gasteiger partial charge in [0.2, 0.25) is 5.89 Å². The van der Waals surface area contributed by atoms with Gasteiger partial charge in [0.25, 0.3) is 5.91 Å². The highest BCUT2D eigenvalue weighted by atomic mass is 35.5. The van der Waals surface area contributed by atoms with Crippen molar-refractivity contribution in [1.82, 2.24) is 4.98 Å². The second-order valence-electron chi connectivity index (χ2n) is 6.45. The fourth-order valence-electron chi connectivity index (χ4n) is 2.89. The van der Waals surface area contributed by atoms with Crippen LogP contribution in [0.2, 0.25) is 5.02 Å². The van der Waals surface area contributed by atoms with Gasteiger partial charge in [-0.05, 0) is 61.5 Å². The number of aromatic nitrogens is 1. The molecule has 1 aromatic heterocycles. The molecule has 0 saturated carbocycles. The Hall–Kier alpha value is -3.51. The number of rotatable bonds is 7. The molecule has 0 aliphatic heterocycles. The third-order valence-electron chi connectivity index (χ3n) is 4.25. The van der Waals surface area contributed by atoms with E-state index in [4.69, 9.17) is 25.5 Å². The minimum absolute atomic E-state index is 0.115. The summed E-state index contributed by atoms with van der Waals surface area (Å²) in [6, 6.07) is 19.7. The van der Waals surface area contributed by atoms with Crippen molar-refractivity contribution in [3.05, 3.63) is 71.8 Å². The van der Waals surface area contributed by atoms with Crippen LogP contribution in [-0.2, 0) is 4.79 Å². The molecule has 1 heterocycles. The van der Waals surface area contributed by atoms with Crippen molar-refractivity contribution in [2.75, 3.05) is 18.5 Å². The molecule has 0 spiro atoms. The molecule has 4 rings (SSSR count). The predicted molar refractivity (Wildman–Crippen MR) is 116 cm³/mol. The van der Waals surface area contributed by atoms with Gasteiger partial charge in [0.15, 0.2) is 12.2 Å². The van der Waals surface area contributed by atoms with Crippen LogP contribution in [0.3, 0.4) is 0 Å². The maximum atomic E-state index is 12.2. The first-order valence-electron chi connectivity index (χ1n) is 9.43. The van der Waals surface area contributed by atoms with Crippen LogP contribution in [0.25, 0.3) is 22.6 Å². The SMILES string of the molecule is CCOc1ccc(OCC(=O)Nc2ccc3nc(-c4cccc(Cl)c4)oc3c2)cc1. The maximum Gasteiger partial charge on any atom is 0.262 e. The number of anilines is 1. The number of hydrogen-bond donors (Lipinski definition) is 1. The highest BCUT2D eigenvalue weighted by Crippen LogP contribution is 2.27. The van der Waals surface area contributed by atoms with Gasteiger partial charge < -0.3 is 19.2 Å². The number of carbonyl (C=O) groups excluding carboxylic acids is 1. The number of carbonyl (C=O) groups is 1. The monoisotopic (exact) mass is 422 g/mol. The van der Waals surface area contributed by atoms with Crippen molar-refractivity contribution in [2.45, 2.75) is 6.92 Å². The van der Waals surface area contributed by atoms with Gasteiger partial charge in [-0.2, -0.15) is 0 Å². The lowest BCUT2D eigenvalue weighted by atomic mass is 10.2. The van der Waals surface area contributed by atoms with Gasteiger partial charge in [0.05, 0.1) is 6.61 Å². The summed E-state index contributed by atoms with van der Waals surface area (Å²) in [5.74, 6) is 1.53. The quantitative estimate of drug-likeness (QED) is 0.421. The summed E-state index contributed by atoms with van der Waals surface area (Å²) in [6.45, 7) is 2.40.